The van der Waals surface area contributed by atoms with Crippen LogP contribution < -0.4 is 10.6 Å². The highest BCUT2D eigenvalue weighted by Crippen LogP contribution is 2.24. The highest BCUT2D eigenvalue weighted by molar-refractivity contribution is 5.99. The van der Waals surface area contributed by atoms with Crippen LogP contribution in [0.1, 0.15) is 31.1 Å². The number of piperazine rings is 1. The maximum Gasteiger partial charge on any atom is 0.323 e. The number of urea groups is 1. The number of rotatable bonds is 4. The topological polar surface area (TPSA) is 77.6 Å². The molecule has 0 aliphatic carbocycles. The highest BCUT2D eigenvalue weighted by atomic mass is 16.2. The van der Waals surface area contributed by atoms with Crippen LogP contribution in [-0.2, 0) is 4.79 Å². The molecule has 0 spiro atoms. The standard InChI is InChI=1S/C21H27N5O2/c1-15-7-8-20(14-22-15)24-21(28)23-19-6-4-5-18(13-19)16(2)25-9-11-26(12-10-25)17(3)27/h4-8,13-14,16H,9-12H2,1-3H3,(H2,23,24,28)/t16-/m0/s1. The van der Waals surface area contributed by atoms with Gasteiger partial charge < -0.3 is 15.5 Å². The van der Waals surface area contributed by atoms with Crippen molar-refractivity contribution < 1.29 is 9.59 Å². The van der Waals surface area contributed by atoms with Crippen LogP contribution in [-0.4, -0.2) is 52.9 Å². The summed E-state index contributed by atoms with van der Waals surface area (Å²) in [5, 5.41) is 5.66. The summed E-state index contributed by atoms with van der Waals surface area (Å²) < 4.78 is 0. The number of carbonyl (C=O) groups is 2. The van der Waals surface area contributed by atoms with Gasteiger partial charge in [0.05, 0.1) is 11.9 Å². The fourth-order valence-electron chi connectivity index (χ4n) is 3.35. The summed E-state index contributed by atoms with van der Waals surface area (Å²) in [6.07, 6.45) is 1.63. The third-order valence-corrected chi connectivity index (χ3v) is 5.10. The van der Waals surface area contributed by atoms with Crippen molar-refractivity contribution in [1.29, 1.82) is 0 Å². The van der Waals surface area contributed by atoms with Gasteiger partial charge in [-0.15, -0.1) is 0 Å². The third kappa shape index (κ3) is 5.07. The minimum atomic E-state index is -0.300. The highest BCUT2D eigenvalue weighted by Gasteiger charge is 2.23. The Morgan fingerprint density at radius 2 is 1.75 bits per heavy atom. The summed E-state index contributed by atoms with van der Waals surface area (Å²) in [5.74, 6) is 0.133. The summed E-state index contributed by atoms with van der Waals surface area (Å²) in [7, 11) is 0. The molecule has 7 nitrogen and oxygen atoms in total. The molecule has 28 heavy (non-hydrogen) atoms. The number of hydrogen-bond donors (Lipinski definition) is 2. The number of nitrogens with zero attached hydrogens (tertiary/aromatic N) is 3. The maximum absolute atomic E-state index is 12.3. The average molecular weight is 381 g/mol. The second-order valence-electron chi connectivity index (χ2n) is 7.11. The molecule has 1 aromatic carbocycles. The fourth-order valence-corrected chi connectivity index (χ4v) is 3.35. The van der Waals surface area contributed by atoms with E-state index in [1.54, 1.807) is 13.1 Å². The predicted molar refractivity (Wildman–Crippen MR) is 110 cm³/mol. The molecule has 2 aromatic rings. The van der Waals surface area contributed by atoms with Crippen molar-refractivity contribution in [2.75, 3.05) is 36.8 Å². The second-order valence-corrected chi connectivity index (χ2v) is 7.11. The fraction of sp³-hybridized carbons (Fsp3) is 0.381. The van der Waals surface area contributed by atoms with Crippen molar-refractivity contribution in [1.82, 2.24) is 14.8 Å². The number of aromatic nitrogens is 1. The summed E-state index contributed by atoms with van der Waals surface area (Å²) in [5.41, 5.74) is 3.42. The van der Waals surface area contributed by atoms with Gasteiger partial charge in [0.15, 0.2) is 0 Å². The van der Waals surface area contributed by atoms with Crippen LogP contribution in [0.5, 0.6) is 0 Å². The number of pyridine rings is 1. The molecule has 148 valence electrons. The normalized spacial score (nSPS) is 15.8. The summed E-state index contributed by atoms with van der Waals surface area (Å²) in [6, 6.07) is 11.5. The van der Waals surface area contributed by atoms with Gasteiger partial charge in [-0.25, -0.2) is 4.79 Å². The Kier molecular flexibility index (Phi) is 6.26. The number of aryl methyl sites for hydroxylation is 1. The average Bonchev–Trinajstić information content (AvgIpc) is 2.69. The van der Waals surface area contributed by atoms with E-state index in [1.165, 1.54) is 0 Å². The van der Waals surface area contributed by atoms with Crippen molar-refractivity contribution >= 4 is 23.3 Å². The number of nitrogens with one attached hydrogen (secondary N) is 2. The minimum Gasteiger partial charge on any atom is -0.340 e. The van der Waals surface area contributed by atoms with Crippen LogP contribution in [0.2, 0.25) is 0 Å². The Morgan fingerprint density at radius 3 is 2.39 bits per heavy atom. The Balaban J connectivity index is 1.59. The van der Waals surface area contributed by atoms with Crippen molar-refractivity contribution in [3.05, 3.63) is 53.9 Å². The van der Waals surface area contributed by atoms with Crippen LogP contribution in [0.25, 0.3) is 0 Å². The SMILES string of the molecule is CC(=O)N1CCN([C@@H](C)c2cccc(NC(=O)Nc3ccc(C)nc3)c2)CC1. The Labute approximate surface area is 165 Å². The summed E-state index contributed by atoms with van der Waals surface area (Å²) in [6.45, 7) is 8.87. The van der Waals surface area contributed by atoms with Gasteiger partial charge in [0.1, 0.15) is 0 Å². The Hall–Kier alpha value is -2.93. The predicted octanol–water partition coefficient (Wildman–Crippen LogP) is 3.26. The van der Waals surface area contributed by atoms with E-state index in [-0.39, 0.29) is 18.0 Å². The van der Waals surface area contributed by atoms with Crippen LogP contribution in [0.4, 0.5) is 16.2 Å². The van der Waals surface area contributed by atoms with Crippen LogP contribution >= 0.6 is 0 Å². The van der Waals surface area contributed by atoms with Crippen molar-refractivity contribution in [3.8, 4) is 0 Å². The molecular weight excluding hydrogens is 354 g/mol. The molecular formula is C21H27N5O2. The molecule has 0 unspecified atom stereocenters. The zero-order valence-corrected chi connectivity index (χ0v) is 16.6. The smallest absolute Gasteiger partial charge is 0.323 e. The first kappa shape index (κ1) is 19.8. The van der Waals surface area contributed by atoms with Gasteiger partial charge in [-0.3, -0.25) is 14.7 Å². The van der Waals surface area contributed by atoms with E-state index in [4.69, 9.17) is 0 Å². The van der Waals surface area contributed by atoms with E-state index in [9.17, 15) is 9.59 Å². The molecule has 3 amide bonds. The quantitative estimate of drug-likeness (QED) is 0.852. The number of hydrogen-bond acceptors (Lipinski definition) is 4. The first-order valence-electron chi connectivity index (χ1n) is 9.52. The Bertz CT molecular complexity index is 829. The monoisotopic (exact) mass is 381 g/mol. The molecule has 2 heterocycles. The molecule has 1 aromatic heterocycles. The number of carbonyl (C=O) groups excluding carboxylic acids is 2. The molecule has 7 heteroatoms. The van der Waals surface area contributed by atoms with E-state index >= 15 is 0 Å². The van der Waals surface area contributed by atoms with Gasteiger partial charge in [-0.05, 0) is 43.7 Å². The lowest BCUT2D eigenvalue weighted by molar-refractivity contribution is -0.130. The van der Waals surface area contributed by atoms with Crippen LogP contribution in [0.3, 0.4) is 0 Å². The van der Waals surface area contributed by atoms with Gasteiger partial charge >= 0.3 is 6.03 Å². The number of anilines is 2. The zero-order valence-electron chi connectivity index (χ0n) is 16.6. The molecule has 1 aliphatic heterocycles. The molecule has 1 aliphatic rings. The first-order valence-corrected chi connectivity index (χ1v) is 9.52. The molecule has 2 N–H and O–H groups in total. The molecule has 0 radical (unpaired) electrons. The van der Waals surface area contributed by atoms with Crippen LogP contribution in [0, 0.1) is 6.92 Å². The zero-order chi connectivity index (χ0) is 20.1. The van der Waals surface area contributed by atoms with Gasteiger partial charge in [-0.1, -0.05) is 12.1 Å². The molecule has 1 atom stereocenters. The van der Waals surface area contributed by atoms with E-state index in [1.807, 2.05) is 42.2 Å². The van der Waals surface area contributed by atoms with Gasteiger partial charge in [0.25, 0.3) is 0 Å². The third-order valence-electron chi connectivity index (χ3n) is 5.10. The summed E-state index contributed by atoms with van der Waals surface area (Å²) in [4.78, 5) is 32.2. The lowest BCUT2D eigenvalue weighted by atomic mass is 10.1. The maximum atomic E-state index is 12.3. The van der Waals surface area contributed by atoms with Gasteiger partial charge in [0, 0.05) is 50.5 Å². The van der Waals surface area contributed by atoms with Crippen molar-refractivity contribution in [3.63, 3.8) is 0 Å². The second kappa shape index (κ2) is 8.84. The summed E-state index contributed by atoms with van der Waals surface area (Å²) >= 11 is 0. The lowest BCUT2D eigenvalue weighted by Crippen LogP contribution is -2.48. The van der Waals surface area contributed by atoms with Crippen molar-refractivity contribution in [2.45, 2.75) is 26.8 Å². The van der Waals surface area contributed by atoms with Gasteiger partial charge in [-0.2, -0.15) is 0 Å². The molecule has 1 fully saturated rings. The lowest BCUT2D eigenvalue weighted by Gasteiger charge is -2.38. The van der Waals surface area contributed by atoms with Crippen LogP contribution in [0.15, 0.2) is 42.6 Å². The van der Waals surface area contributed by atoms with Crippen molar-refractivity contribution in [2.24, 2.45) is 0 Å². The molecule has 3 rings (SSSR count). The minimum absolute atomic E-state index is 0.133. The Morgan fingerprint density at radius 1 is 1.04 bits per heavy atom. The molecule has 1 saturated heterocycles. The first-order chi connectivity index (χ1) is 13.4. The van der Waals surface area contributed by atoms with E-state index in [0.29, 0.717) is 5.69 Å². The molecule has 0 bridgehead atoms. The van der Waals surface area contributed by atoms with E-state index in [0.717, 1.165) is 43.1 Å². The number of benzene rings is 1. The van der Waals surface area contributed by atoms with E-state index < -0.39 is 0 Å². The molecule has 0 saturated carbocycles. The van der Waals surface area contributed by atoms with E-state index in [2.05, 4.69) is 33.5 Å². The number of amides is 3. The van der Waals surface area contributed by atoms with Gasteiger partial charge in [0.2, 0.25) is 5.91 Å². The largest absolute Gasteiger partial charge is 0.340 e.